The maximum atomic E-state index is 6.34. The van der Waals surface area contributed by atoms with Gasteiger partial charge in [-0.15, -0.1) is 34.8 Å². The van der Waals surface area contributed by atoms with Gasteiger partial charge >= 0.3 is 0 Å². The highest BCUT2D eigenvalue weighted by atomic mass is 35.5. The second-order valence-electron chi connectivity index (χ2n) is 4.42. The maximum absolute atomic E-state index is 6.34. The highest BCUT2D eigenvalue weighted by Crippen LogP contribution is 2.49. The molecular formula is C10H14Cl4. The van der Waals surface area contributed by atoms with E-state index in [0.29, 0.717) is 6.42 Å². The fourth-order valence-corrected chi connectivity index (χ4v) is 3.31. The molecule has 4 heteroatoms. The molecule has 0 bridgehead atoms. The summed E-state index contributed by atoms with van der Waals surface area (Å²) < 4.78 is 0. The summed E-state index contributed by atoms with van der Waals surface area (Å²) in [5.74, 6) is 0. The SMILES string of the molecule is CC1(Cl)CC(C)(C=CCl)C(Cl)CC1Cl. The first-order valence-corrected chi connectivity index (χ1v) is 6.25. The van der Waals surface area contributed by atoms with Crippen molar-refractivity contribution in [2.45, 2.75) is 42.3 Å². The van der Waals surface area contributed by atoms with E-state index in [1.165, 1.54) is 5.54 Å². The van der Waals surface area contributed by atoms with Gasteiger partial charge in [0.2, 0.25) is 0 Å². The third kappa shape index (κ3) is 2.52. The summed E-state index contributed by atoms with van der Waals surface area (Å²) in [4.78, 5) is -0.405. The standard InChI is InChI=1S/C10H14Cl4/c1-9(3-4-11)6-10(2,14)8(13)5-7(9)12/h3-4,7-8H,5-6H2,1-2H3. The van der Waals surface area contributed by atoms with Crippen molar-refractivity contribution in [2.24, 2.45) is 5.41 Å². The minimum Gasteiger partial charge on any atom is -0.122 e. The summed E-state index contributed by atoms with van der Waals surface area (Å²) in [6.45, 7) is 4.02. The average molecular weight is 276 g/mol. The van der Waals surface area contributed by atoms with Gasteiger partial charge in [0, 0.05) is 16.3 Å². The van der Waals surface area contributed by atoms with Crippen LogP contribution in [0.1, 0.15) is 26.7 Å². The molecular weight excluding hydrogens is 262 g/mol. The molecule has 4 unspecified atom stereocenters. The molecule has 1 rings (SSSR count). The smallest absolute Gasteiger partial charge is 0.0591 e. The lowest BCUT2D eigenvalue weighted by Crippen LogP contribution is -2.47. The van der Waals surface area contributed by atoms with Crippen LogP contribution in [-0.4, -0.2) is 15.6 Å². The molecule has 14 heavy (non-hydrogen) atoms. The van der Waals surface area contributed by atoms with Crippen molar-refractivity contribution in [3.8, 4) is 0 Å². The van der Waals surface area contributed by atoms with Crippen molar-refractivity contribution in [3.05, 3.63) is 11.6 Å². The summed E-state index contributed by atoms with van der Waals surface area (Å²) in [5.41, 5.74) is 1.35. The molecule has 1 fully saturated rings. The van der Waals surface area contributed by atoms with E-state index in [0.717, 1.165) is 6.42 Å². The van der Waals surface area contributed by atoms with Crippen molar-refractivity contribution in [2.75, 3.05) is 0 Å². The Morgan fingerprint density at radius 1 is 1.21 bits per heavy atom. The largest absolute Gasteiger partial charge is 0.122 e. The van der Waals surface area contributed by atoms with Crippen molar-refractivity contribution in [1.29, 1.82) is 0 Å². The highest BCUT2D eigenvalue weighted by molar-refractivity contribution is 6.33. The zero-order valence-corrected chi connectivity index (χ0v) is 11.3. The lowest BCUT2D eigenvalue weighted by molar-refractivity contribution is 0.253. The van der Waals surface area contributed by atoms with E-state index in [4.69, 9.17) is 46.4 Å². The Bertz CT molecular complexity index is 236. The first kappa shape index (κ1) is 13.0. The fourth-order valence-electron chi connectivity index (χ4n) is 1.97. The number of hydrogen-bond donors (Lipinski definition) is 0. The van der Waals surface area contributed by atoms with Crippen LogP contribution in [0.25, 0.3) is 0 Å². The van der Waals surface area contributed by atoms with E-state index < -0.39 is 4.87 Å². The van der Waals surface area contributed by atoms with Gasteiger partial charge in [0.15, 0.2) is 0 Å². The Balaban J connectivity index is 2.89. The molecule has 0 nitrogen and oxygen atoms in total. The maximum Gasteiger partial charge on any atom is 0.0591 e. The summed E-state index contributed by atoms with van der Waals surface area (Å²) in [5, 5.41) is -0.0877. The Hall–Kier alpha value is 0.900. The predicted octanol–water partition coefficient (Wildman–Crippen LogP) is 4.75. The van der Waals surface area contributed by atoms with Crippen LogP contribution in [0, 0.1) is 5.41 Å². The number of allylic oxidation sites excluding steroid dienone is 1. The minimum absolute atomic E-state index is 0.00757. The molecule has 1 saturated carbocycles. The minimum atomic E-state index is -0.405. The Morgan fingerprint density at radius 2 is 1.79 bits per heavy atom. The van der Waals surface area contributed by atoms with Crippen molar-refractivity contribution < 1.29 is 0 Å². The van der Waals surface area contributed by atoms with E-state index in [1.807, 2.05) is 13.0 Å². The van der Waals surface area contributed by atoms with Crippen molar-refractivity contribution in [3.63, 3.8) is 0 Å². The predicted molar refractivity (Wildman–Crippen MR) is 65.9 cm³/mol. The molecule has 0 heterocycles. The summed E-state index contributed by atoms with van der Waals surface area (Å²) in [6.07, 6.45) is 3.36. The quantitative estimate of drug-likeness (QED) is 0.606. The molecule has 0 saturated heterocycles. The molecule has 0 amide bonds. The van der Waals surface area contributed by atoms with Crippen LogP contribution in [0.4, 0.5) is 0 Å². The first-order chi connectivity index (χ1) is 6.32. The zero-order valence-electron chi connectivity index (χ0n) is 8.24. The lowest BCUT2D eigenvalue weighted by atomic mass is 9.70. The van der Waals surface area contributed by atoms with Gasteiger partial charge in [-0.25, -0.2) is 0 Å². The van der Waals surface area contributed by atoms with Gasteiger partial charge in [0.05, 0.1) is 10.3 Å². The fraction of sp³-hybridized carbons (Fsp3) is 0.800. The molecule has 82 valence electrons. The van der Waals surface area contributed by atoms with Crippen LogP contribution in [-0.2, 0) is 0 Å². The van der Waals surface area contributed by atoms with E-state index in [-0.39, 0.29) is 16.2 Å². The molecule has 1 aliphatic rings. The molecule has 0 spiro atoms. The van der Waals surface area contributed by atoms with Crippen LogP contribution in [0.3, 0.4) is 0 Å². The van der Waals surface area contributed by atoms with Crippen LogP contribution in [0.2, 0.25) is 0 Å². The molecule has 0 aliphatic heterocycles. The van der Waals surface area contributed by atoms with E-state index in [2.05, 4.69) is 6.92 Å². The second kappa shape index (κ2) is 4.41. The van der Waals surface area contributed by atoms with Gasteiger partial charge in [-0.2, -0.15) is 0 Å². The molecule has 0 aromatic rings. The number of rotatable bonds is 1. The molecule has 0 aromatic heterocycles. The van der Waals surface area contributed by atoms with Crippen molar-refractivity contribution >= 4 is 46.4 Å². The molecule has 0 N–H and O–H groups in total. The summed E-state index contributed by atoms with van der Waals surface area (Å²) >= 11 is 24.4. The van der Waals surface area contributed by atoms with Crippen molar-refractivity contribution in [1.82, 2.24) is 0 Å². The first-order valence-electron chi connectivity index (χ1n) is 4.57. The number of hydrogen-bond acceptors (Lipinski definition) is 0. The van der Waals surface area contributed by atoms with Gasteiger partial charge in [-0.3, -0.25) is 0 Å². The van der Waals surface area contributed by atoms with Crippen LogP contribution >= 0.6 is 46.4 Å². The number of alkyl halides is 3. The third-order valence-corrected chi connectivity index (χ3v) is 4.92. The molecule has 1 aliphatic carbocycles. The molecule has 4 atom stereocenters. The van der Waals surface area contributed by atoms with E-state index >= 15 is 0 Å². The Morgan fingerprint density at radius 3 is 2.29 bits per heavy atom. The lowest BCUT2D eigenvalue weighted by Gasteiger charge is -2.45. The van der Waals surface area contributed by atoms with Gasteiger partial charge < -0.3 is 0 Å². The van der Waals surface area contributed by atoms with Gasteiger partial charge in [0.1, 0.15) is 0 Å². The summed E-state index contributed by atoms with van der Waals surface area (Å²) in [6, 6.07) is 0. The highest BCUT2D eigenvalue weighted by Gasteiger charge is 2.47. The van der Waals surface area contributed by atoms with Crippen LogP contribution in [0.15, 0.2) is 11.6 Å². The Kier molecular flexibility index (Phi) is 4.09. The molecule has 0 radical (unpaired) electrons. The monoisotopic (exact) mass is 274 g/mol. The van der Waals surface area contributed by atoms with Gasteiger partial charge in [0.25, 0.3) is 0 Å². The van der Waals surface area contributed by atoms with Gasteiger partial charge in [-0.05, 0) is 19.8 Å². The second-order valence-corrected chi connectivity index (χ2v) is 6.59. The summed E-state index contributed by atoms with van der Waals surface area (Å²) in [7, 11) is 0. The topological polar surface area (TPSA) is 0 Å². The van der Waals surface area contributed by atoms with Crippen LogP contribution in [0.5, 0.6) is 0 Å². The Labute approximate surface area is 106 Å². The molecule has 0 aromatic carbocycles. The normalized spacial score (nSPS) is 49.9. The number of halogens is 4. The average Bonchev–Trinajstić information content (AvgIpc) is 2.01. The zero-order chi connectivity index (χ0) is 11.0. The van der Waals surface area contributed by atoms with E-state index in [1.54, 1.807) is 0 Å². The van der Waals surface area contributed by atoms with Crippen LogP contribution < -0.4 is 0 Å². The van der Waals surface area contributed by atoms with E-state index in [9.17, 15) is 0 Å². The van der Waals surface area contributed by atoms with Gasteiger partial charge in [-0.1, -0.05) is 24.6 Å². The third-order valence-electron chi connectivity index (χ3n) is 2.95.